The highest BCUT2D eigenvalue weighted by molar-refractivity contribution is 5.99. The number of rotatable bonds is 4. The maximum absolute atomic E-state index is 11.9. The van der Waals surface area contributed by atoms with Gasteiger partial charge in [0, 0.05) is 30.8 Å². The van der Waals surface area contributed by atoms with Gasteiger partial charge in [0.2, 0.25) is 5.91 Å². The zero-order valence-corrected chi connectivity index (χ0v) is 10.9. The third-order valence-electron chi connectivity index (χ3n) is 3.42. The molecule has 1 atom stereocenters. The molecule has 0 radical (unpaired) electrons. The molecule has 20 heavy (non-hydrogen) atoms. The Morgan fingerprint density at radius 1 is 1.55 bits per heavy atom. The number of carboxylic acids is 1. The Bertz CT molecular complexity index is 584. The van der Waals surface area contributed by atoms with Gasteiger partial charge in [-0.15, -0.1) is 0 Å². The van der Waals surface area contributed by atoms with E-state index in [1.54, 1.807) is 0 Å². The highest BCUT2D eigenvalue weighted by Crippen LogP contribution is 2.31. The second-order valence-corrected chi connectivity index (χ2v) is 4.67. The Labute approximate surface area is 115 Å². The predicted octanol–water partition coefficient (Wildman–Crippen LogP) is 1.59. The normalized spacial score (nSPS) is 18.4. The summed E-state index contributed by atoms with van der Waals surface area (Å²) in [4.78, 5) is 34.5. The summed E-state index contributed by atoms with van der Waals surface area (Å²) < 4.78 is 0. The standard InChI is InChI=1S/C13H14N2O5/c1-2-8-5-10(15(19)20)3-4-11(8)14-7-9(13(17)18)6-12(14)16/h3-5,9H,2,6-7H2,1H3,(H,17,18)/t9-/m1/s1. The van der Waals surface area contributed by atoms with Crippen LogP contribution in [0.1, 0.15) is 18.9 Å². The van der Waals surface area contributed by atoms with Crippen LogP contribution in [0, 0.1) is 16.0 Å². The third-order valence-corrected chi connectivity index (χ3v) is 3.42. The first-order valence-corrected chi connectivity index (χ1v) is 6.24. The van der Waals surface area contributed by atoms with Gasteiger partial charge >= 0.3 is 5.97 Å². The fraction of sp³-hybridized carbons (Fsp3) is 0.385. The molecule has 1 N–H and O–H groups in total. The fourth-order valence-corrected chi connectivity index (χ4v) is 2.34. The lowest BCUT2D eigenvalue weighted by Crippen LogP contribution is -2.26. The number of hydrogen-bond donors (Lipinski definition) is 1. The molecule has 1 amide bonds. The number of nitro groups is 1. The molecule has 0 unspecified atom stereocenters. The summed E-state index contributed by atoms with van der Waals surface area (Å²) in [5.74, 6) is -1.98. The van der Waals surface area contributed by atoms with E-state index in [2.05, 4.69) is 0 Å². The molecule has 1 fully saturated rings. The van der Waals surface area contributed by atoms with E-state index in [0.717, 1.165) is 0 Å². The maximum atomic E-state index is 11.9. The van der Waals surface area contributed by atoms with Gasteiger partial charge in [0.25, 0.3) is 5.69 Å². The van der Waals surface area contributed by atoms with E-state index in [1.807, 2.05) is 6.92 Å². The quantitative estimate of drug-likeness (QED) is 0.665. The molecule has 1 heterocycles. The number of aryl methyl sites for hydroxylation is 1. The number of carbonyl (C=O) groups is 2. The minimum absolute atomic E-state index is 0.0323. The van der Waals surface area contributed by atoms with Crippen LogP contribution < -0.4 is 4.90 Å². The van der Waals surface area contributed by atoms with Crippen molar-refractivity contribution in [3.63, 3.8) is 0 Å². The lowest BCUT2D eigenvalue weighted by Gasteiger charge is -2.19. The van der Waals surface area contributed by atoms with Crippen molar-refractivity contribution >= 4 is 23.3 Å². The van der Waals surface area contributed by atoms with Gasteiger partial charge in [0.05, 0.1) is 10.8 Å². The Kier molecular flexibility index (Phi) is 3.69. The highest BCUT2D eigenvalue weighted by Gasteiger charge is 2.35. The first-order valence-electron chi connectivity index (χ1n) is 6.24. The summed E-state index contributed by atoms with van der Waals surface area (Å²) in [6, 6.07) is 4.27. The lowest BCUT2D eigenvalue weighted by atomic mass is 10.1. The number of carboxylic acid groups (broad SMARTS) is 1. The Morgan fingerprint density at radius 3 is 2.75 bits per heavy atom. The van der Waals surface area contributed by atoms with Crippen LogP contribution in [0.5, 0.6) is 0 Å². The molecular formula is C13H14N2O5. The van der Waals surface area contributed by atoms with E-state index in [0.29, 0.717) is 17.7 Å². The smallest absolute Gasteiger partial charge is 0.308 e. The topological polar surface area (TPSA) is 101 Å². The molecule has 1 saturated heterocycles. The Hall–Kier alpha value is -2.44. The van der Waals surface area contributed by atoms with Crippen molar-refractivity contribution in [2.75, 3.05) is 11.4 Å². The van der Waals surface area contributed by atoms with E-state index in [-0.39, 0.29) is 24.6 Å². The number of non-ortho nitro benzene ring substituents is 1. The number of aliphatic carboxylic acids is 1. The van der Waals surface area contributed by atoms with Crippen LogP contribution in [0.25, 0.3) is 0 Å². The number of amides is 1. The van der Waals surface area contributed by atoms with Crippen LogP contribution in [-0.4, -0.2) is 28.5 Å². The van der Waals surface area contributed by atoms with Crippen LogP contribution in [0.2, 0.25) is 0 Å². The number of anilines is 1. The molecule has 7 nitrogen and oxygen atoms in total. The number of nitrogens with zero attached hydrogens (tertiary/aromatic N) is 2. The fourth-order valence-electron chi connectivity index (χ4n) is 2.34. The van der Waals surface area contributed by atoms with Crippen molar-refractivity contribution in [1.29, 1.82) is 0 Å². The van der Waals surface area contributed by atoms with Gasteiger partial charge in [0.15, 0.2) is 0 Å². The van der Waals surface area contributed by atoms with Crippen molar-refractivity contribution in [2.45, 2.75) is 19.8 Å². The van der Waals surface area contributed by atoms with Gasteiger partial charge in [-0.2, -0.15) is 0 Å². The summed E-state index contributed by atoms with van der Waals surface area (Å²) in [5.41, 5.74) is 1.19. The minimum atomic E-state index is -0.999. The summed E-state index contributed by atoms with van der Waals surface area (Å²) in [7, 11) is 0. The summed E-state index contributed by atoms with van der Waals surface area (Å²) in [5, 5.41) is 19.7. The van der Waals surface area contributed by atoms with Crippen molar-refractivity contribution in [3.8, 4) is 0 Å². The Balaban J connectivity index is 2.35. The van der Waals surface area contributed by atoms with Gasteiger partial charge in [-0.1, -0.05) is 6.92 Å². The maximum Gasteiger partial charge on any atom is 0.308 e. The summed E-state index contributed by atoms with van der Waals surface area (Å²) in [6.45, 7) is 1.94. The van der Waals surface area contributed by atoms with E-state index < -0.39 is 16.8 Å². The highest BCUT2D eigenvalue weighted by atomic mass is 16.6. The van der Waals surface area contributed by atoms with Gasteiger partial charge in [-0.25, -0.2) is 0 Å². The first kappa shape index (κ1) is 14.0. The molecule has 1 aromatic carbocycles. The van der Waals surface area contributed by atoms with E-state index in [4.69, 9.17) is 5.11 Å². The van der Waals surface area contributed by atoms with E-state index in [1.165, 1.54) is 23.1 Å². The van der Waals surface area contributed by atoms with E-state index >= 15 is 0 Å². The van der Waals surface area contributed by atoms with Crippen LogP contribution in [0.15, 0.2) is 18.2 Å². The molecule has 1 aliphatic rings. The van der Waals surface area contributed by atoms with Gasteiger partial charge < -0.3 is 10.0 Å². The first-order chi connectivity index (χ1) is 9.43. The molecule has 1 aliphatic heterocycles. The van der Waals surface area contributed by atoms with Crippen LogP contribution in [-0.2, 0) is 16.0 Å². The summed E-state index contributed by atoms with van der Waals surface area (Å²) >= 11 is 0. The largest absolute Gasteiger partial charge is 0.481 e. The van der Waals surface area contributed by atoms with Crippen molar-refractivity contribution in [3.05, 3.63) is 33.9 Å². The number of hydrogen-bond acceptors (Lipinski definition) is 4. The molecular weight excluding hydrogens is 264 g/mol. The molecule has 0 aromatic heterocycles. The predicted molar refractivity (Wildman–Crippen MR) is 70.6 cm³/mol. The van der Waals surface area contributed by atoms with Crippen LogP contribution in [0.4, 0.5) is 11.4 Å². The van der Waals surface area contributed by atoms with Crippen molar-refractivity contribution in [2.24, 2.45) is 5.92 Å². The molecule has 1 aromatic rings. The number of nitro benzene ring substituents is 1. The summed E-state index contributed by atoms with van der Waals surface area (Å²) in [6.07, 6.45) is 0.494. The average molecular weight is 278 g/mol. The van der Waals surface area contributed by atoms with Gasteiger partial charge in [-0.05, 0) is 18.1 Å². The van der Waals surface area contributed by atoms with Crippen LogP contribution >= 0.6 is 0 Å². The molecule has 2 rings (SSSR count). The number of benzene rings is 1. The monoisotopic (exact) mass is 278 g/mol. The molecule has 0 aliphatic carbocycles. The number of carbonyl (C=O) groups excluding carboxylic acids is 1. The zero-order valence-electron chi connectivity index (χ0n) is 10.9. The molecule has 0 bridgehead atoms. The second kappa shape index (κ2) is 5.28. The van der Waals surface area contributed by atoms with E-state index in [9.17, 15) is 19.7 Å². The van der Waals surface area contributed by atoms with Crippen LogP contribution in [0.3, 0.4) is 0 Å². The molecule has 7 heteroatoms. The zero-order chi connectivity index (χ0) is 14.9. The van der Waals surface area contributed by atoms with Gasteiger partial charge in [-0.3, -0.25) is 19.7 Å². The Morgan fingerprint density at radius 2 is 2.25 bits per heavy atom. The second-order valence-electron chi connectivity index (χ2n) is 4.67. The third kappa shape index (κ3) is 2.47. The van der Waals surface area contributed by atoms with Crippen molar-refractivity contribution < 1.29 is 19.6 Å². The molecule has 0 spiro atoms. The molecule has 106 valence electrons. The average Bonchev–Trinajstić information content (AvgIpc) is 2.80. The minimum Gasteiger partial charge on any atom is -0.481 e. The molecule has 0 saturated carbocycles. The van der Waals surface area contributed by atoms with Crippen molar-refractivity contribution in [1.82, 2.24) is 0 Å². The lowest BCUT2D eigenvalue weighted by molar-refractivity contribution is -0.384. The SMILES string of the molecule is CCc1cc([N+](=O)[O-])ccc1N1C[C@H](C(=O)O)CC1=O. The van der Waals surface area contributed by atoms with Gasteiger partial charge in [0.1, 0.15) is 0 Å².